The Morgan fingerprint density at radius 3 is 1.04 bits per heavy atom. The number of fused-ring (bicyclic) bond motifs is 6. The molecule has 0 aliphatic heterocycles. The van der Waals surface area contributed by atoms with Gasteiger partial charge < -0.3 is 9.47 Å². The highest BCUT2D eigenvalue weighted by Gasteiger charge is 2.15. The molecule has 6 nitrogen and oxygen atoms in total. The second kappa shape index (κ2) is 12.6. The minimum absolute atomic E-state index is 0.550. The van der Waals surface area contributed by atoms with Gasteiger partial charge in [-0.05, 0) is 86.3 Å². The highest BCUT2D eigenvalue weighted by atomic mass is 16.5. The largest absolute Gasteiger partial charge is 0.439 e. The first-order valence-electron chi connectivity index (χ1n) is 17.4. The Balaban J connectivity index is 1.10. The predicted octanol–water partition coefficient (Wildman–Crippen LogP) is 12.0. The molecular formula is C46H34N4O2. The molecule has 5 aromatic carbocycles. The van der Waals surface area contributed by atoms with E-state index < -0.39 is 0 Å². The van der Waals surface area contributed by atoms with Gasteiger partial charge >= 0.3 is 0 Å². The van der Waals surface area contributed by atoms with Crippen molar-refractivity contribution in [2.24, 2.45) is 0 Å². The van der Waals surface area contributed by atoms with Gasteiger partial charge in [0.25, 0.3) is 0 Å². The lowest BCUT2D eigenvalue weighted by atomic mass is 9.99. The van der Waals surface area contributed by atoms with Crippen molar-refractivity contribution in [1.82, 2.24) is 19.9 Å². The topological polar surface area (TPSA) is 70.0 Å². The normalized spacial score (nSPS) is 11.5. The average molecular weight is 675 g/mol. The van der Waals surface area contributed by atoms with Crippen LogP contribution in [0.1, 0.15) is 22.3 Å². The maximum atomic E-state index is 6.16. The summed E-state index contributed by atoms with van der Waals surface area (Å²) in [5.41, 5.74) is 11.6. The van der Waals surface area contributed by atoms with Crippen molar-refractivity contribution in [2.45, 2.75) is 27.7 Å². The molecule has 0 spiro atoms. The van der Waals surface area contributed by atoms with E-state index in [2.05, 4.69) is 88.4 Å². The molecule has 0 atom stereocenters. The zero-order chi connectivity index (χ0) is 35.3. The van der Waals surface area contributed by atoms with E-state index in [4.69, 9.17) is 29.4 Å². The Labute approximate surface area is 301 Å². The summed E-state index contributed by atoms with van der Waals surface area (Å²) in [5.74, 6) is 2.59. The van der Waals surface area contributed by atoms with Crippen molar-refractivity contribution in [1.29, 1.82) is 0 Å². The van der Waals surface area contributed by atoms with E-state index in [0.717, 1.165) is 99.9 Å². The third kappa shape index (κ3) is 5.64. The van der Waals surface area contributed by atoms with Crippen molar-refractivity contribution in [2.75, 3.05) is 0 Å². The number of rotatable bonds is 6. The van der Waals surface area contributed by atoms with E-state index >= 15 is 0 Å². The van der Waals surface area contributed by atoms with E-state index in [0.29, 0.717) is 11.8 Å². The summed E-state index contributed by atoms with van der Waals surface area (Å²) in [6.07, 6.45) is 0. The highest BCUT2D eigenvalue weighted by Crippen LogP contribution is 2.35. The van der Waals surface area contributed by atoms with Crippen molar-refractivity contribution in [3.63, 3.8) is 0 Å². The third-order valence-electron chi connectivity index (χ3n) is 9.70. The van der Waals surface area contributed by atoms with Crippen molar-refractivity contribution in [3.05, 3.63) is 156 Å². The van der Waals surface area contributed by atoms with Gasteiger partial charge in [-0.25, -0.2) is 19.9 Å². The van der Waals surface area contributed by atoms with Gasteiger partial charge in [0, 0.05) is 44.8 Å². The smallest absolute Gasteiger partial charge is 0.220 e. The van der Waals surface area contributed by atoms with E-state index in [9.17, 15) is 0 Å². The van der Waals surface area contributed by atoms with Crippen molar-refractivity contribution < 1.29 is 9.47 Å². The van der Waals surface area contributed by atoms with E-state index in [-0.39, 0.29) is 0 Å². The maximum Gasteiger partial charge on any atom is 0.220 e. The molecule has 0 radical (unpaired) electrons. The molecule has 0 aliphatic rings. The van der Waals surface area contributed by atoms with Gasteiger partial charge in [0.2, 0.25) is 11.8 Å². The number of nitrogens with zero attached hydrogens (tertiary/aromatic N) is 4. The molecule has 9 rings (SSSR count). The summed E-state index contributed by atoms with van der Waals surface area (Å²) in [6, 6.07) is 44.8. The molecule has 0 N–H and O–H groups in total. The number of benzene rings is 5. The van der Waals surface area contributed by atoms with Crippen LogP contribution in [0.5, 0.6) is 23.3 Å². The number of aromatic nitrogens is 4. The van der Waals surface area contributed by atoms with Crippen LogP contribution in [0.2, 0.25) is 0 Å². The summed E-state index contributed by atoms with van der Waals surface area (Å²) in [6.45, 7) is 8.43. The lowest BCUT2D eigenvalue weighted by Gasteiger charge is -2.13. The molecular weight excluding hydrogens is 641 g/mol. The van der Waals surface area contributed by atoms with Gasteiger partial charge in [-0.2, -0.15) is 0 Å². The number of hydrogen-bond donors (Lipinski definition) is 0. The molecule has 52 heavy (non-hydrogen) atoms. The van der Waals surface area contributed by atoms with Gasteiger partial charge in [0.15, 0.2) is 0 Å². The standard InChI is InChI=1S/C46H34N4O2/c1-27-23-39(47-43-35(27)19-21-37-29(3)25-41(49-45(37)43)51-33-11-7-5-8-12-33)31-15-17-32(18-16-31)40-24-28(2)36-20-22-38-30(4)26-42(50-46(38)44(36)48-40)52-34-13-9-6-10-14-34/h5-26H,1-4H3. The molecule has 6 heteroatoms. The fraction of sp³-hybridized carbons (Fsp3) is 0.0870. The molecule has 0 amide bonds. The number of para-hydroxylation sites is 2. The van der Waals surface area contributed by atoms with Crippen LogP contribution in [-0.4, -0.2) is 19.9 Å². The summed E-state index contributed by atoms with van der Waals surface area (Å²) in [7, 11) is 0. The second-order valence-corrected chi connectivity index (χ2v) is 13.3. The Hall–Kier alpha value is -6.66. The molecule has 250 valence electrons. The Morgan fingerprint density at radius 1 is 0.346 bits per heavy atom. The van der Waals surface area contributed by atoms with Crippen LogP contribution >= 0.6 is 0 Å². The van der Waals surface area contributed by atoms with Crippen molar-refractivity contribution >= 4 is 43.6 Å². The first kappa shape index (κ1) is 31.3. The SMILES string of the molecule is Cc1cc(Oc2ccccc2)nc2c1ccc1c(C)cc(-c3ccc(-c4cc(C)c5ccc6c(C)cc(Oc7ccccc7)nc6c5n4)cc3)nc12. The van der Waals surface area contributed by atoms with Crippen molar-refractivity contribution in [3.8, 4) is 45.8 Å². The molecule has 9 aromatic rings. The third-order valence-corrected chi connectivity index (χ3v) is 9.70. The van der Waals surface area contributed by atoms with Crippen LogP contribution in [0.4, 0.5) is 0 Å². The van der Waals surface area contributed by atoms with E-state index in [1.54, 1.807) is 0 Å². The second-order valence-electron chi connectivity index (χ2n) is 13.3. The van der Waals surface area contributed by atoms with Crippen LogP contribution in [0.3, 0.4) is 0 Å². The first-order valence-corrected chi connectivity index (χ1v) is 17.4. The zero-order valence-electron chi connectivity index (χ0n) is 29.3. The summed E-state index contributed by atoms with van der Waals surface area (Å²) >= 11 is 0. The molecule has 0 unspecified atom stereocenters. The quantitative estimate of drug-likeness (QED) is 0.164. The van der Waals surface area contributed by atoms with Crippen LogP contribution in [-0.2, 0) is 0 Å². The van der Waals surface area contributed by atoms with Gasteiger partial charge in [-0.1, -0.05) is 84.9 Å². The molecule has 4 aromatic heterocycles. The lowest BCUT2D eigenvalue weighted by Crippen LogP contribution is -1.96. The van der Waals surface area contributed by atoms with Crippen LogP contribution in [0, 0.1) is 27.7 Å². The Kier molecular flexibility index (Phi) is 7.58. The Bertz CT molecular complexity index is 2620. The number of aryl methyl sites for hydroxylation is 4. The van der Waals surface area contributed by atoms with Crippen LogP contribution in [0.15, 0.2) is 133 Å². The van der Waals surface area contributed by atoms with Crippen LogP contribution < -0.4 is 9.47 Å². The minimum Gasteiger partial charge on any atom is -0.439 e. The van der Waals surface area contributed by atoms with E-state index in [1.807, 2.05) is 72.8 Å². The molecule has 0 fully saturated rings. The van der Waals surface area contributed by atoms with Gasteiger partial charge in [0.05, 0.1) is 22.4 Å². The maximum absolute atomic E-state index is 6.16. The van der Waals surface area contributed by atoms with Gasteiger partial charge in [-0.3, -0.25) is 0 Å². The average Bonchev–Trinajstić information content (AvgIpc) is 3.15. The lowest BCUT2D eigenvalue weighted by molar-refractivity contribution is 0.464. The van der Waals surface area contributed by atoms with Gasteiger partial charge in [0.1, 0.15) is 22.5 Å². The van der Waals surface area contributed by atoms with Gasteiger partial charge in [-0.15, -0.1) is 0 Å². The Morgan fingerprint density at radius 2 is 0.673 bits per heavy atom. The van der Waals surface area contributed by atoms with Crippen LogP contribution in [0.25, 0.3) is 66.1 Å². The fourth-order valence-electron chi connectivity index (χ4n) is 7.00. The monoisotopic (exact) mass is 674 g/mol. The predicted molar refractivity (Wildman–Crippen MR) is 210 cm³/mol. The molecule has 0 saturated carbocycles. The minimum atomic E-state index is 0.550. The summed E-state index contributed by atoms with van der Waals surface area (Å²) < 4.78 is 12.3. The number of pyridine rings is 4. The molecule has 0 aliphatic carbocycles. The first-order chi connectivity index (χ1) is 25.4. The van der Waals surface area contributed by atoms with E-state index in [1.165, 1.54) is 0 Å². The zero-order valence-corrected chi connectivity index (χ0v) is 29.3. The molecule has 0 saturated heterocycles. The highest BCUT2D eigenvalue weighted by molar-refractivity contribution is 6.07. The fourth-order valence-corrected chi connectivity index (χ4v) is 7.00. The summed E-state index contributed by atoms with van der Waals surface area (Å²) in [4.78, 5) is 20.4. The summed E-state index contributed by atoms with van der Waals surface area (Å²) in [5, 5.41) is 4.25. The molecule has 4 heterocycles. The number of hydrogen-bond acceptors (Lipinski definition) is 6. The molecule has 0 bridgehead atoms. The number of ether oxygens (including phenoxy) is 2.